The molecule has 0 spiro atoms. The highest BCUT2D eigenvalue weighted by molar-refractivity contribution is 7.91. The van der Waals surface area contributed by atoms with Gasteiger partial charge in [0.2, 0.25) is 5.91 Å². The zero-order chi connectivity index (χ0) is 17.5. The fourth-order valence-corrected chi connectivity index (χ4v) is 2.96. The number of rotatable bonds is 9. The summed E-state index contributed by atoms with van der Waals surface area (Å²) >= 11 is 0. The number of hydrogen-bond donors (Lipinski definition) is 2. The molecule has 0 bridgehead atoms. The van der Waals surface area contributed by atoms with E-state index < -0.39 is 21.8 Å². The Hall–Kier alpha value is -1.89. The summed E-state index contributed by atoms with van der Waals surface area (Å²) in [6.45, 7) is 3.52. The minimum Gasteiger partial charge on any atom is -0.480 e. The van der Waals surface area contributed by atoms with Gasteiger partial charge in [0.1, 0.15) is 6.04 Å². The first-order valence-corrected chi connectivity index (χ1v) is 9.29. The molecular formula is C16H23NO5S. The van der Waals surface area contributed by atoms with Crippen LogP contribution in [0.3, 0.4) is 0 Å². The summed E-state index contributed by atoms with van der Waals surface area (Å²) < 4.78 is 23.4. The molecular weight excluding hydrogens is 318 g/mol. The van der Waals surface area contributed by atoms with Gasteiger partial charge in [0, 0.05) is 0 Å². The number of nitrogens with one attached hydrogen (secondary N) is 1. The normalized spacial score (nSPS) is 12.6. The molecule has 2 N–H and O–H groups in total. The fourth-order valence-electron chi connectivity index (χ4n) is 2.08. The number of carbonyl (C=O) groups is 2. The van der Waals surface area contributed by atoms with Gasteiger partial charge in [-0.2, -0.15) is 0 Å². The van der Waals surface area contributed by atoms with E-state index in [0.717, 1.165) is 12.8 Å². The molecule has 0 saturated carbocycles. The van der Waals surface area contributed by atoms with Gasteiger partial charge in [-0.3, -0.25) is 4.79 Å². The van der Waals surface area contributed by atoms with Gasteiger partial charge < -0.3 is 10.4 Å². The highest BCUT2D eigenvalue weighted by atomic mass is 32.2. The van der Waals surface area contributed by atoms with Crippen LogP contribution >= 0.6 is 0 Å². The first kappa shape index (κ1) is 19.2. The number of carboxylic acid groups (broad SMARTS) is 1. The Morgan fingerprint density at radius 3 is 2.26 bits per heavy atom. The summed E-state index contributed by atoms with van der Waals surface area (Å²) in [5, 5.41) is 11.6. The molecule has 6 nitrogen and oxygen atoms in total. The van der Waals surface area contributed by atoms with Crippen LogP contribution in [0.15, 0.2) is 29.2 Å². The number of amides is 1. The Balaban J connectivity index is 2.68. The van der Waals surface area contributed by atoms with Crippen LogP contribution in [0.4, 0.5) is 0 Å². The Morgan fingerprint density at radius 2 is 1.78 bits per heavy atom. The van der Waals surface area contributed by atoms with E-state index in [4.69, 9.17) is 5.11 Å². The van der Waals surface area contributed by atoms with Gasteiger partial charge in [-0.25, -0.2) is 13.2 Å². The number of benzene rings is 1. The second-order valence-corrected chi connectivity index (χ2v) is 7.60. The number of sulfone groups is 1. The lowest BCUT2D eigenvalue weighted by atomic mass is 10.1. The number of aliphatic carboxylic acids is 1. The van der Waals surface area contributed by atoms with Gasteiger partial charge in [0.15, 0.2) is 9.84 Å². The number of unbranched alkanes of at least 4 members (excludes halogenated alkanes) is 1. The summed E-state index contributed by atoms with van der Waals surface area (Å²) in [6.07, 6.45) is 1.99. The summed E-state index contributed by atoms with van der Waals surface area (Å²) in [5.41, 5.74) is 0.636. The maximum Gasteiger partial charge on any atom is 0.326 e. The minimum atomic E-state index is -3.26. The summed E-state index contributed by atoms with van der Waals surface area (Å²) in [7, 11) is -3.26. The number of carboxylic acids is 1. The monoisotopic (exact) mass is 341 g/mol. The van der Waals surface area contributed by atoms with E-state index in [1.165, 1.54) is 12.1 Å². The molecule has 0 aliphatic carbocycles. The molecule has 0 unspecified atom stereocenters. The van der Waals surface area contributed by atoms with Crippen LogP contribution in [-0.2, 0) is 25.8 Å². The molecule has 0 aliphatic rings. The zero-order valence-electron chi connectivity index (χ0n) is 13.4. The third kappa shape index (κ3) is 6.02. The highest BCUT2D eigenvalue weighted by Gasteiger charge is 2.19. The van der Waals surface area contributed by atoms with E-state index >= 15 is 0 Å². The average Bonchev–Trinajstić information content (AvgIpc) is 2.51. The van der Waals surface area contributed by atoms with Gasteiger partial charge in [0.25, 0.3) is 0 Å². The first-order valence-electron chi connectivity index (χ1n) is 7.64. The Labute approximate surface area is 136 Å². The Bertz CT molecular complexity index is 637. The van der Waals surface area contributed by atoms with Gasteiger partial charge in [-0.1, -0.05) is 38.8 Å². The largest absolute Gasteiger partial charge is 0.480 e. The Morgan fingerprint density at radius 1 is 1.17 bits per heavy atom. The Kier molecular flexibility index (Phi) is 7.22. The van der Waals surface area contributed by atoms with Crippen LogP contribution in [0.5, 0.6) is 0 Å². The van der Waals surface area contributed by atoms with Crippen LogP contribution in [0.2, 0.25) is 0 Å². The molecule has 7 heteroatoms. The van der Waals surface area contributed by atoms with Crippen molar-refractivity contribution in [3.05, 3.63) is 29.8 Å². The molecule has 0 saturated heterocycles. The van der Waals surface area contributed by atoms with E-state index in [2.05, 4.69) is 5.32 Å². The molecule has 0 heterocycles. The van der Waals surface area contributed by atoms with Crippen molar-refractivity contribution in [3.63, 3.8) is 0 Å². The van der Waals surface area contributed by atoms with E-state index in [0.29, 0.717) is 12.0 Å². The van der Waals surface area contributed by atoms with Crippen molar-refractivity contribution in [2.45, 2.75) is 50.5 Å². The molecule has 0 radical (unpaired) electrons. The predicted molar refractivity (Wildman–Crippen MR) is 87.0 cm³/mol. The topological polar surface area (TPSA) is 101 Å². The second kappa shape index (κ2) is 8.67. The quantitative estimate of drug-likeness (QED) is 0.713. The lowest BCUT2D eigenvalue weighted by Crippen LogP contribution is -2.41. The number of carbonyl (C=O) groups excluding carboxylic acids is 1. The lowest BCUT2D eigenvalue weighted by molar-refractivity contribution is -0.142. The summed E-state index contributed by atoms with van der Waals surface area (Å²) in [6, 6.07) is 5.19. The highest BCUT2D eigenvalue weighted by Crippen LogP contribution is 2.13. The standard InChI is InChI=1S/C16H23NO5S/c1-3-5-6-14(16(19)20)17-15(18)11-12-7-9-13(10-8-12)23(21,22)4-2/h7-10,14H,3-6,11H2,1-2H3,(H,17,18)(H,19,20)/t14-/m0/s1. The summed E-state index contributed by atoms with van der Waals surface area (Å²) in [5.74, 6) is -1.42. The maximum atomic E-state index is 11.9. The van der Waals surface area contributed by atoms with Crippen molar-refractivity contribution in [1.29, 1.82) is 0 Å². The molecule has 1 atom stereocenters. The van der Waals surface area contributed by atoms with Gasteiger partial charge in [-0.15, -0.1) is 0 Å². The minimum absolute atomic E-state index is 0.0162. The SMILES string of the molecule is CCCC[C@H](NC(=O)Cc1ccc(S(=O)(=O)CC)cc1)C(=O)O. The molecule has 1 aromatic rings. The van der Waals surface area contributed by atoms with Crippen molar-refractivity contribution in [2.75, 3.05) is 5.75 Å². The predicted octanol–water partition coefficient (Wildman–Crippen LogP) is 1.78. The van der Waals surface area contributed by atoms with Crippen molar-refractivity contribution < 1.29 is 23.1 Å². The third-order valence-corrected chi connectivity index (χ3v) is 5.26. The van der Waals surface area contributed by atoms with E-state index in [1.807, 2.05) is 6.92 Å². The van der Waals surface area contributed by atoms with Crippen molar-refractivity contribution in [2.24, 2.45) is 0 Å². The van der Waals surface area contributed by atoms with Crippen molar-refractivity contribution in [1.82, 2.24) is 5.32 Å². The van der Waals surface area contributed by atoms with Crippen molar-refractivity contribution >= 4 is 21.7 Å². The first-order chi connectivity index (χ1) is 10.8. The molecule has 0 aromatic heterocycles. The molecule has 0 fully saturated rings. The molecule has 1 amide bonds. The van der Waals surface area contributed by atoms with E-state index in [1.54, 1.807) is 19.1 Å². The van der Waals surface area contributed by atoms with E-state index in [9.17, 15) is 18.0 Å². The zero-order valence-corrected chi connectivity index (χ0v) is 14.2. The lowest BCUT2D eigenvalue weighted by Gasteiger charge is -2.14. The second-order valence-electron chi connectivity index (χ2n) is 5.32. The van der Waals surface area contributed by atoms with Crippen LogP contribution in [0, 0.1) is 0 Å². The van der Waals surface area contributed by atoms with Gasteiger partial charge in [0.05, 0.1) is 17.1 Å². The van der Waals surface area contributed by atoms with Crippen LogP contribution in [-0.4, -0.2) is 37.2 Å². The molecule has 128 valence electrons. The fraction of sp³-hybridized carbons (Fsp3) is 0.500. The van der Waals surface area contributed by atoms with E-state index in [-0.39, 0.29) is 23.0 Å². The summed E-state index contributed by atoms with van der Waals surface area (Å²) in [4.78, 5) is 23.3. The van der Waals surface area contributed by atoms with Gasteiger partial charge >= 0.3 is 5.97 Å². The smallest absolute Gasteiger partial charge is 0.326 e. The van der Waals surface area contributed by atoms with Gasteiger partial charge in [-0.05, 0) is 24.1 Å². The van der Waals surface area contributed by atoms with Crippen LogP contribution in [0.25, 0.3) is 0 Å². The molecule has 0 aliphatic heterocycles. The number of hydrogen-bond acceptors (Lipinski definition) is 4. The van der Waals surface area contributed by atoms with Crippen LogP contribution in [0.1, 0.15) is 38.7 Å². The molecule has 23 heavy (non-hydrogen) atoms. The maximum absolute atomic E-state index is 11.9. The third-order valence-electron chi connectivity index (χ3n) is 3.51. The van der Waals surface area contributed by atoms with Crippen LogP contribution < -0.4 is 5.32 Å². The molecule has 1 aromatic carbocycles. The van der Waals surface area contributed by atoms with Crippen molar-refractivity contribution in [3.8, 4) is 0 Å². The molecule has 1 rings (SSSR count). The average molecular weight is 341 g/mol.